The number of fused-ring (bicyclic) bond motifs is 1. The van der Waals surface area contributed by atoms with Crippen molar-refractivity contribution in [3.63, 3.8) is 0 Å². The molecule has 1 aliphatic rings. The van der Waals surface area contributed by atoms with Crippen molar-refractivity contribution >= 4 is 50.3 Å². The Bertz CT molecular complexity index is 697. The standard InChI is InChI=1S/C14H11BrN2O2S/c1-17(7-8-3-2-4-20-8)12-6-11-9(5-10(12)15)13(18)14(19)16-11/h2-6H,7H2,1H3,(H,16,18,19). The van der Waals surface area contributed by atoms with E-state index in [4.69, 9.17) is 0 Å². The lowest BCUT2D eigenvalue weighted by atomic mass is 10.1. The molecule has 20 heavy (non-hydrogen) atoms. The zero-order chi connectivity index (χ0) is 14.3. The summed E-state index contributed by atoms with van der Waals surface area (Å²) in [4.78, 5) is 26.4. The van der Waals surface area contributed by atoms with Crippen molar-refractivity contribution in [3.05, 3.63) is 44.6 Å². The van der Waals surface area contributed by atoms with Crippen LogP contribution >= 0.6 is 27.3 Å². The average molecular weight is 351 g/mol. The van der Waals surface area contributed by atoms with Crippen LogP contribution in [-0.2, 0) is 11.3 Å². The van der Waals surface area contributed by atoms with Crippen molar-refractivity contribution in [2.24, 2.45) is 0 Å². The van der Waals surface area contributed by atoms with Gasteiger partial charge >= 0.3 is 0 Å². The molecule has 0 radical (unpaired) electrons. The summed E-state index contributed by atoms with van der Waals surface area (Å²) in [6, 6.07) is 7.63. The molecule has 2 heterocycles. The van der Waals surface area contributed by atoms with Gasteiger partial charge in [0.2, 0.25) is 0 Å². The summed E-state index contributed by atoms with van der Waals surface area (Å²) in [5.74, 6) is -1.04. The summed E-state index contributed by atoms with van der Waals surface area (Å²) in [7, 11) is 1.98. The van der Waals surface area contributed by atoms with E-state index in [-0.39, 0.29) is 0 Å². The van der Waals surface area contributed by atoms with Gasteiger partial charge in [0.1, 0.15) is 0 Å². The van der Waals surface area contributed by atoms with E-state index >= 15 is 0 Å². The molecule has 0 aliphatic carbocycles. The van der Waals surface area contributed by atoms with Gasteiger partial charge in [0.15, 0.2) is 0 Å². The number of Topliss-reactive ketones (excluding diaryl/α,β-unsaturated/α-hetero) is 1. The maximum absolute atomic E-state index is 11.6. The lowest BCUT2D eigenvalue weighted by Crippen LogP contribution is -2.16. The summed E-state index contributed by atoms with van der Waals surface area (Å²) >= 11 is 5.17. The Morgan fingerprint density at radius 3 is 2.85 bits per heavy atom. The number of hydrogen-bond donors (Lipinski definition) is 1. The number of ketones is 1. The average Bonchev–Trinajstić information content (AvgIpc) is 3.00. The fraction of sp³-hybridized carbons (Fsp3) is 0.143. The van der Waals surface area contributed by atoms with Gasteiger partial charge < -0.3 is 10.2 Å². The zero-order valence-electron chi connectivity index (χ0n) is 10.6. The van der Waals surface area contributed by atoms with E-state index in [1.54, 1.807) is 17.4 Å². The predicted octanol–water partition coefficient (Wildman–Crippen LogP) is 3.28. The van der Waals surface area contributed by atoms with Crippen LogP contribution < -0.4 is 10.2 Å². The maximum Gasteiger partial charge on any atom is 0.296 e. The topological polar surface area (TPSA) is 49.4 Å². The van der Waals surface area contributed by atoms with Crippen LogP contribution in [0.15, 0.2) is 34.1 Å². The van der Waals surface area contributed by atoms with E-state index in [0.29, 0.717) is 11.3 Å². The van der Waals surface area contributed by atoms with Crippen molar-refractivity contribution < 1.29 is 9.59 Å². The number of thiophene rings is 1. The highest BCUT2D eigenvalue weighted by Crippen LogP contribution is 2.35. The molecule has 1 aliphatic heterocycles. The van der Waals surface area contributed by atoms with Crippen LogP contribution in [0.25, 0.3) is 0 Å². The van der Waals surface area contributed by atoms with Gasteiger partial charge in [0, 0.05) is 16.4 Å². The number of halogens is 1. The van der Waals surface area contributed by atoms with Crippen LogP contribution in [0.1, 0.15) is 15.2 Å². The van der Waals surface area contributed by atoms with Crippen LogP contribution in [-0.4, -0.2) is 18.7 Å². The van der Waals surface area contributed by atoms with E-state index in [1.807, 2.05) is 24.6 Å². The number of rotatable bonds is 3. The first-order chi connectivity index (χ1) is 9.56. The number of nitrogens with zero attached hydrogens (tertiary/aromatic N) is 1. The van der Waals surface area contributed by atoms with Gasteiger partial charge in [-0.3, -0.25) is 9.59 Å². The van der Waals surface area contributed by atoms with Crippen molar-refractivity contribution in [2.45, 2.75) is 6.54 Å². The van der Waals surface area contributed by atoms with Gasteiger partial charge in [-0.15, -0.1) is 11.3 Å². The molecule has 2 aromatic rings. The summed E-state index contributed by atoms with van der Waals surface area (Å²) < 4.78 is 0.806. The Labute approximate surface area is 128 Å². The summed E-state index contributed by atoms with van der Waals surface area (Å²) in [5, 5.41) is 4.64. The second-order valence-corrected chi connectivity index (χ2v) is 6.45. The summed E-state index contributed by atoms with van der Waals surface area (Å²) in [6.07, 6.45) is 0. The third-order valence-corrected chi connectivity index (χ3v) is 4.67. The molecule has 0 saturated carbocycles. The molecule has 1 N–H and O–H groups in total. The lowest BCUT2D eigenvalue weighted by Gasteiger charge is -2.20. The summed E-state index contributed by atoms with van der Waals surface area (Å²) in [5.41, 5.74) is 1.94. The molecule has 4 nitrogen and oxygen atoms in total. The molecule has 0 unspecified atom stereocenters. The van der Waals surface area contributed by atoms with Crippen LogP contribution in [0.5, 0.6) is 0 Å². The quantitative estimate of drug-likeness (QED) is 0.864. The molecule has 1 aromatic heterocycles. The Morgan fingerprint density at radius 2 is 2.15 bits per heavy atom. The molecule has 0 bridgehead atoms. The first-order valence-electron chi connectivity index (χ1n) is 5.99. The number of carbonyl (C=O) groups excluding carboxylic acids is 2. The molecule has 1 aromatic carbocycles. The Morgan fingerprint density at radius 1 is 1.35 bits per heavy atom. The smallest absolute Gasteiger partial charge is 0.296 e. The number of amides is 1. The van der Waals surface area contributed by atoms with Gasteiger partial charge in [0.05, 0.1) is 23.5 Å². The SMILES string of the molecule is CN(Cc1cccs1)c1cc2c(cc1Br)C(=O)C(=O)N2. The van der Waals surface area contributed by atoms with Crippen LogP contribution in [0.3, 0.4) is 0 Å². The molecule has 0 spiro atoms. The van der Waals surface area contributed by atoms with Crippen molar-refractivity contribution in [1.29, 1.82) is 0 Å². The highest BCUT2D eigenvalue weighted by atomic mass is 79.9. The van der Waals surface area contributed by atoms with Gasteiger partial charge in [-0.25, -0.2) is 0 Å². The largest absolute Gasteiger partial charge is 0.368 e. The van der Waals surface area contributed by atoms with E-state index < -0.39 is 11.7 Å². The number of hydrogen-bond acceptors (Lipinski definition) is 4. The Hall–Kier alpha value is -1.66. The van der Waals surface area contributed by atoms with Crippen molar-refractivity contribution in [1.82, 2.24) is 0 Å². The lowest BCUT2D eigenvalue weighted by molar-refractivity contribution is -0.112. The predicted molar refractivity (Wildman–Crippen MR) is 83.5 cm³/mol. The molecule has 3 rings (SSSR count). The van der Waals surface area contributed by atoms with Gasteiger partial charge in [0.25, 0.3) is 11.7 Å². The first kappa shape index (κ1) is 13.3. The number of carbonyl (C=O) groups is 2. The van der Waals surface area contributed by atoms with Gasteiger partial charge in [-0.1, -0.05) is 6.07 Å². The zero-order valence-corrected chi connectivity index (χ0v) is 13.0. The molecule has 0 fully saturated rings. The number of anilines is 2. The van der Waals surface area contributed by atoms with Crippen LogP contribution in [0.2, 0.25) is 0 Å². The second-order valence-electron chi connectivity index (χ2n) is 4.57. The monoisotopic (exact) mass is 350 g/mol. The number of benzene rings is 1. The highest BCUT2D eigenvalue weighted by Gasteiger charge is 2.29. The molecular formula is C14H11BrN2O2S. The minimum Gasteiger partial charge on any atom is -0.368 e. The molecule has 1 amide bonds. The number of nitrogens with one attached hydrogen (secondary N) is 1. The molecule has 102 valence electrons. The van der Waals surface area contributed by atoms with Crippen LogP contribution in [0.4, 0.5) is 11.4 Å². The minimum absolute atomic E-state index is 0.426. The Kier molecular flexibility index (Phi) is 3.35. The van der Waals surface area contributed by atoms with Crippen LogP contribution in [0, 0.1) is 0 Å². The van der Waals surface area contributed by atoms with E-state index in [2.05, 4.69) is 32.2 Å². The first-order valence-corrected chi connectivity index (χ1v) is 7.66. The second kappa shape index (κ2) is 5.03. The highest BCUT2D eigenvalue weighted by molar-refractivity contribution is 9.10. The normalized spacial score (nSPS) is 13.3. The van der Waals surface area contributed by atoms with E-state index in [9.17, 15) is 9.59 Å². The molecule has 0 atom stereocenters. The van der Waals surface area contributed by atoms with E-state index in [0.717, 1.165) is 16.7 Å². The van der Waals surface area contributed by atoms with Crippen molar-refractivity contribution in [3.8, 4) is 0 Å². The fourth-order valence-electron chi connectivity index (χ4n) is 2.17. The summed E-state index contributed by atoms with van der Waals surface area (Å²) in [6.45, 7) is 0.775. The minimum atomic E-state index is -0.565. The third kappa shape index (κ3) is 2.25. The van der Waals surface area contributed by atoms with E-state index in [1.165, 1.54) is 4.88 Å². The molecule has 0 saturated heterocycles. The Balaban J connectivity index is 1.93. The third-order valence-electron chi connectivity index (χ3n) is 3.17. The fourth-order valence-corrected chi connectivity index (χ4v) is 3.57. The maximum atomic E-state index is 11.6. The van der Waals surface area contributed by atoms with Gasteiger partial charge in [-0.2, -0.15) is 0 Å². The molecule has 6 heteroatoms. The molecular weight excluding hydrogens is 340 g/mol. The van der Waals surface area contributed by atoms with Gasteiger partial charge in [-0.05, 0) is 39.5 Å². The van der Waals surface area contributed by atoms with Crippen molar-refractivity contribution in [2.75, 3.05) is 17.3 Å².